The van der Waals surface area contributed by atoms with Crippen molar-refractivity contribution in [2.75, 3.05) is 6.61 Å². The summed E-state index contributed by atoms with van der Waals surface area (Å²) in [6, 6.07) is 6.67. The predicted molar refractivity (Wildman–Crippen MR) is 108 cm³/mol. The second-order valence-corrected chi connectivity index (χ2v) is 7.46. The fourth-order valence-electron chi connectivity index (χ4n) is 3.50. The van der Waals surface area contributed by atoms with Gasteiger partial charge in [-0.1, -0.05) is 77.2 Å². The van der Waals surface area contributed by atoms with E-state index in [1.807, 2.05) is 0 Å². The Labute approximate surface area is 156 Å². The van der Waals surface area contributed by atoms with Crippen LogP contribution in [0.5, 0.6) is 0 Å². The van der Waals surface area contributed by atoms with Gasteiger partial charge in [-0.3, -0.25) is 0 Å². The van der Waals surface area contributed by atoms with Gasteiger partial charge in [-0.05, 0) is 19.3 Å². The highest BCUT2D eigenvalue weighted by molar-refractivity contribution is 4.97. The smallest absolute Gasteiger partial charge is 0.181 e. The summed E-state index contributed by atoms with van der Waals surface area (Å²) in [6.45, 7) is 3.82. The Hall–Kier alpha value is -0.890. The zero-order valence-corrected chi connectivity index (χ0v) is 16.7. The molecule has 0 spiro atoms. The average molecular weight is 349 g/mol. The number of nitrogens with zero attached hydrogens (tertiary/aromatic N) is 1. The van der Waals surface area contributed by atoms with Crippen molar-refractivity contribution in [3.63, 3.8) is 0 Å². The highest BCUT2D eigenvalue weighted by Gasteiger charge is 2.08. The number of aryl methyl sites for hydroxylation is 2. The molecule has 1 N–H and O–H groups in total. The van der Waals surface area contributed by atoms with Crippen molar-refractivity contribution < 1.29 is 9.67 Å². The number of pyridine rings is 1. The SMILES string of the molecule is CCCCCCc1cccc[n+]1CCCCCCCCCCCCO. The number of aromatic nitrogens is 1. The van der Waals surface area contributed by atoms with Gasteiger partial charge < -0.3 is 5.11 Å². The molecule has 0 aliphatic rings. The quantitative estimate of drug-likeness (QED) is 0.271. The van der Waals surface area contributed by atoms with Crippen LogP contribution < -0.4 is 4.57 Å². The third-order valence-corrected chi connectivity index (χ3v) is 5.13. The second kappa shape index (κ2) is 16.6. The van der Waals surface area contributed by atoms with Crippen molar-refractivity contribution in [2.45, 2.75) is 110 Å². The monoisotopic (exact) mass is 348 g/mol. The van der Waals surface area contributed by atoms with Gasteiger partial charge in [-0.2, -0.15) is 0 Å². The minimum atomic E-state index is 0.361. The topological polar surface area (TPSA) is 24.1 Å². The molecular weight excluding hydrogens is 306 g/mol. The van der Waals surface area contributed by atoms with Gasteiger partial charge in [-0.25, -0.2) is 4.57 Å². The van der Waals surface area contributed by atoms with Crippen LogP contribution in [-0.2, 0) is 13.0 Å². The maximum atomic E-state index is 8.75. The van der Waals surface area contributed by atoms with Gasteiger partial charge in [-0.15, -0.1) is 0 Å². The van der Waals surface area contributed by atoms with Gasteiger partial charge >= 0.3 is 0 Å². The fraction of sp³-hybridized carbons (Fsp3) is 0.783. The lowest BCUT2D eigenvalue weighted by Gasteiger charge is -2.05. The third-order valence-electron chi connectivity index (χ3n) is 5.13. The van der Waals surface area contributed by atoms with Crippen molar-refractivity contribution in [3.8, 4) is 0 Å². The lowest BCUT2D eigenvalue weighted by molar-refractivity contribution is -0.704. The van der Waals surface area contributed by atoms with Crippen LogP contribution in [0.3, 0.4) is 0 Å². The molecule has 1 rings (SSSR count). The summed E-state index contributed by atoms with van der Waals surface area (Å²) in [5, 5.41) is 8.75. The van der Waals surface area contributed by atoms with Gasteiger partial charge in [0.25, 0.3) is 0 Å². The molecule has 1 aromatic heterocycles. The molecule has 0 aliphatic carbocycles. The van der Waals surface area contributed by atoms with Crippen LogP contribution in [0, 0.1) is 0 Å². The molecule has 1 aromatic rings. The third kappa shape index (κ3) is 12.2. The van der Waals surface area contributed by atoms with Crippen LogP contribution in [0.15, 0.2) is 24.4 Å². The standard InChI is InChI=1S/C23H42NO/c1-2-3-4-13-18-23-19-14-16-21-24(23)20-15-11-9-7-5-6-8-10-12-17-22-25/h14,16,19,21,25H,2-13,15,17-18,20,22H2,1H3/q+1. The number of aliphatic hydroxyl groups excluding tert-OH is 1. The number of hydrogen-bond donors (Lipinski definition) is 1. The van der Waals surface area contributed by atoms with Gasteiger partial charge in [0.2, 0.25) is 0 Å². The molecule has 144 valence electrons. The summed E-state index contributed by atoms with van der Waals surface area (Å²) in [5.74, 6) is 0. The Bertz CT molecular complexity index is 405. The van der Waals surface area contributed by atoms with E-state index in [0.29, 0.717) is 6.61 Å². The van der Waals surface area contributed by atoms with E-state index >= 15 is 0 Å². The summed E-state index contributed by atoms with van der Waals surface area (Å²) in [7, 11) is 0. The maximum Gasteiger partial charge on any atom is 0.181 e. The molecule has 0 saturated heterocycles. The first kappa shape index (κ1) is 22.2. The van der Waals surface area contributed by atoms with E-state index in [-0.39, 0.29) is 0 Å². The van der Waals surface area contributed by atoms with Gasteiger partial charge in [0.15, 0.2) is 11.9 Å². The molecule has 0 amide bonds. The van der Waals surface area contributed by atoms with E-state index in [2.05, 4.69) is 35.9 Å². The van der Waals surface area contributed by atoms with E-state index in [9.17, 15) is 0 Å². The van der Waals surface area contributed by atoms with Crippen molar-refractivity contribution >= 4 is 0 Å². The van der Waals surface area contributed by atoms with Crippen molar-refractivity contribution in [1.82, 2.24) is 0 Å². The van der Waals surface area contributed by atoms with Crippen molar-refractivity contribution in [2.24, 2.45) is 0 Å². The zero-order valence-electron chi connectivity index (χ0n) is 16.7. The maximum absolute atomic E-state index is 8.75. The first-order valence-corrected chi connectivity index (χ1v) is 11.0. The average Bonchev–Trinajstić information content (AvgIpc) is 2.64. The summed E-state index contributed by atoms with van der Waals surface area (Å²) in [5.41, 5.74) is 1.52. The Morgan fingerprint density at radius 3 is 1.96 bits per heavy atom. The van der Waals surface area contributed by atoms with Gasteiger partial charge in [0, 0.05) is 31.6 Å². The highest BCUT2D eigenvalue weighted by Crippen LogP contribution is 2.11. The largest absolute Gasteiger partial charge is 0.396 e. The minimum Gasteiger partial charge on any atom is -0.396 e. The molecular formula is C23H42NO+. The number of hydrogen-bond acceptors (Lipinski definition) is 1. The van der Waals surface area contributed by atoms with Crippen molar-refractivity contribution in [3.05, 3.63) is 30.1 Å². The number of unbranched alkanes of at least 4 members (excludes halogenated alkanes) is 12. The molecule has 0 fully saturated rings. The first-order chi connectivity index (χ1) is 12.4. The predicted octanol–water partition coefficient (Wildman–Crippen LogP) is 5.99. The van der Waals surface area contributed by atoms with E-state index in [1.54, 1.807) is 0 Å². The molecule has 0 aromatic carbocycles. The van der Waals surface area contributed by atoms with Crippen LogP contribution in [0.25, 0.3) is 0 Å². The van der Waals surface area contributed by atoms with Crippen LogP contribution in [0.4, 0.5) is 0 Å². The lowest BCUT2D eigenvalue weighted by atomic mass is 10.1. The number of rotatable bonds is 17. The van der Waals surface area contributed by atoms with Gasteiger partial charge in [0.1, 0.15) is 6.54 Å². The van der Waals surface area contributed by atoms with E-state index in [1.165, 1.54) is 102 Å². The first-order valence-electron chi connectivity index (χ1n) is 11.0. The van der Waals surface area contributed by atoms with Crippen LogP contribution in [-0.4, -0.2) is 11.7 Å². The number of aliphatic hydroxyl groups is 1. The van der Waals surface area contributed by atoms with Gasteiger partial charge in [0.05, 0.1) is 0 Å². The summed E-state index contributed by atoms with van der Waals surface area (Å²) >= 11 is 0. The van der Waals surface area contributed by atoms with Crippen LogP contribution >= 0.6 is 0 Å². The molecule has 0 atom stereocenters. The molecule has 25 heavy (non-hydrogen) atoms. The Kier molecular flexibility index (Phi) is 14.7. The van der Waals surface area contributed by atoms with E-state index in [0.717, 1.165) is 6.42 Å². The van der Waals surface area contributed by atoms with Crippen LogP contribution in [0.2, 0.25) is 0 Å². The molecule has 0 radical (unpaired) electrons. The van der Waals surface area contributed by atoms with E-state index in [4.69, 9.17) is 5.11 Å². The Morgan fingerprint density at radius 2 is 1.32 bits per heavy atom. The molecule has 1 heterocycles. The van der Waals surface area contributed by atoms with Crippen LogP contribution in [0.1, 0.15) is 103 Å². The fourth-order valence-corrected chi connectivity index (χ4v) is 3.50. The van der Waals surface area contributed by atoms with E-state index < -0.39 is 0 Å². The molecule has 0 unspecified atom stereocenters. The summed E-state index contributed by atoms with van der Waals surface area (Å²) in [6.07, 6.45) is 21.9. The summed E-state index contributed by atoms with van der Waals surface area (Å²) in [4.78, 5) is 0. The Balaban J connectivity index is 2.04. The second-order valence-electron chi connectivity index (χ2n) is 7.46. The molecule has 0 bridgehead atoms. The molecule has 0 saturated carbocycles. The highest BCUT2D eigenvalue weighted by atomic mass is 16.2. The molecule has 2 heteroatoms. The summed E-state index contributed by atoms with van der Waals surface area (Å²) < 4.78 is 2.48. The normalized spacial score (nSPS) is 11.1. The molecule has 2 nitrogen and oxygen atoms in total. The Morgan fingerprint density at radius 1 is 0.720 bits per heavy atom. The lowest BCUT2D eigenvalue weighted by Crippen LogP contribution is -2.37. The van der Waals surface area contributed by atoms with Crippen molar-refractivity contribution in [1.29, 1.82) is 0 Å². The zero-order chi connectivity index (χ0) is 18.0. The minimum absolute atomic E-state index is 0.361. The molecule has 0 aliphatic heterocycles.